The molecule has 0 amide bonds. The van der Waals surface area contributed by atoms with Crippen LogP contribution in [-0.2, 0) is 0 Å². The highest BCUT2D eigenvalue weighted by atomic mass is 35.5. The van der Waals surface area contributed by atoms with Gasteiger partial charge in [-0.2, -0.15) is 4.99 Å². The Labute approximate surface area is 84.4 Å². The van der Waals surface area contributed by atoms with E-state index in [1.54, 1.807) is 0 Å². The van der Waals surface area contributed by atoms with Crippen LogP contribution in [0.4, 0.5) is 0 Å². The molecule has 12 heavy (non-hydrogen) atoms. The van der Waals surface area contributed by atoms with Gasteiger partial charge in [-0.3, -0.25) is 0 Å². The van der Waals surface area contributed by atoms with Gasteiger partial charge in [0, 0.05) is 13.1 Å². The zero-order valence-corrected chi connectivity index (χ0v) is 8.91. The summed E-state index contributed by atoms with van der Waals surface area (Å²) in [6.07, 6.45) is 0. The Bertz CT molecular complexity index is 167. The minimum Gasteiger partial charge on any atom is -0.374 e. The maximum absolute atomic E-state index is 5.55. The molecule has 0 aromatic rings. The monoisotopic (exact) mass is 210 g/mol. The molecule has 0 aromatic heterocycles. The Morgan fingerprint density at radius 3 is 2.00 bits per heavy atom. The SMILES string of the molecule is CCN(CC)/C(N)=N/C(N)=S.Cl. The lowest BCUT2D eigenvalue weighted by Gasteiger charge is -2.18. The van der Waals surface area contributed by atoms with E-state index < -0.39 is 0 Å². The summed E-state index contributed by atoms with van der Waals surface area (Å²) < 4.78 is 0. The van der Waals surface area contributed by atoms with Gasteiger partial charge >= 0.3 is 0 Å². The van der Waals surface area contributed by atoms with Gasteiger partial charge < -0.3 is 16.4 Å². The highest BCUT2D eigenvalue weighted by Gasteiger charge is 2.00. The summed E-state index contributed by atoms with van der Waals surface area (Å²) in [5, 5.41) is 0.0781. The van der Waals surface area contributed by atoms with Crippen molar-refractivity contribution in [1.82, 2.24) is 4.90 Å². The van der Waals surface area contributed by atoms with Crippen molar-refractivity contribution in [3.8, 4) is 0 Å². The van der Waals surface area contributed by atoms with Crippen molar-refractivity contribution in [2.24, 2.45) is 16.5 Å². The first-order valence-corrected chi connectivity index (χ1v) is 3.91. The number of rotatable bonds is 2. The molecule has 4 nitrogen and oxygen atoms in total. The van der Waals surface area contributed by atoms with E-state index in [1.807, 2.05) is 18.7 Å². The fraction of sp³-hybridized carbons (Fsp3) is 0.667. The number of guanidine groups is 1. The van der Waals surface area contributed by atoms with E-state index in [4.69, 9.17) is 11.5 Å². The highest BCUT2D eigenvalue weighted by molar-refractivity contribution is 7.80. The van der Waals surface area contributed by atoms with Crippen LogP contribution in [0.5, 0.6) is 0 Å². The molecule has 0 fully saturated rings. The third kappa shape index (κ3) is 5.15. The fourth-order valence-corrected chi connectivity index (χ4v) is 0.825. The molecule has 0 aromatic carbocycles. The first kappa shape index (κ1) is 14.0. The fourth-order valence-electron chi connectivity index (χ4n) is 0.731. The van der Waals surface area contributed by atoms with Gasteiger partial charge in [-0.1, -0.05) is 0 Å². The normalized spacial score (nSPS) is 10.3. The summed E-state index contributed by atoms with van der Waals surface area (Å²) >= 11 is 4.57. The minimum atomic E-state index is 0. The van der Waals surface area contributed by atoms with Crippen LogP contribution in [0.25, 0.3) is 0 Å². The van der Waals surface area contributed by atoms with Crippen LogP contribution in [0.2, 0.25) is 0 Å². The van der Waals surface area contributed by atoms with Crippen LogP contribution in [-0.4, -0.2) is 29.1 Å². The number of nitrogens with zero attached hydrogens (tertiary/aromatic N) is 2. The molecule has 0 saturated heterocycles. The second-order valence-corrected chi connectivity index (χ2v) is 2.40. The van der Waals surface area contributed by atoms with Gasteiger partial charge in [0.25, 0.3) is 0 Å². The summed E-state index contributed by atoms with van der Waals surface area (Å²) in [6.45, 7) is 5.61. The lowest BCUT2D eigenvalue weighted by atomic mass is 10.5. The Balaban J connectivity index is 0. The summed E-state index contributed by atoms with van der Waals surface area (Å²) in [5.74, 6) is 0.391. The van der Waals surface area contributed by atoms with E-state index in [0.717, 1.165) is 13.1 Å². The van der Waals surface area contributed by atoms with E-state index in [-0.39, 0.29) is 17.5 Å². The molecule has 0 aliphatic rings. The van der Waals surface area contributed by atoms with E-state index in [2.05, 4.69) is 17.2 Å². The molecular formula is C6H15ClN4S. The van der Waals surface area contributed by atoms with Gasteiger partial charge in [0.15, 0.2) is 11.1 Å². The molecule has 0 unspecified atom stereocenters. The molecule has 72 valence electrons. The molecule has 0 rings (SSSR count). The molecule has 0 spiro atoms. The average Bonchev–Trinajstić information content (AvgIpc) is 1.88. The second kappa shape index (κ2) is 7.12. The van der Waals surface area contributed by atoms with Crippen LogP contribution in [0.3, 0.4) is 0 Å². The average molecular weight is 211 g/mol. The Morgan fingerprint density at radius 1 is 1.33 bits per heavy atom. The van der Waals surface area contributed by atoms with Crippen molar-refractivity contribution < 1.29 is 0 Å². The molecule has 0 bridgehead atoms. The quantitative estimate of drug-likeness (QED) is 0.391. The highest BCUT2D eigenvalue weighted by Crippen LogP contribution is 1.86. The summed E-state index contributed by atoms with van der Waals surface area (Å²) in [7, 11) is 0. The van der Waals surface area contributed by atoms with Crippen molar-refractivity contribution in [2.75, 3.05) is 13.1 Å². The first-order chi connectivity index (χ1) is 5.11. The lowest BCUT2D eigenvalue weighted by Crippen LogP contribution is -2.38. The van der Waals surface area contributed by atoms with E-state index in [0.29, 0.717) is 5.96 Å². The molecule has 4 N–H and O–H groups in total. The maximum atomic E-state index is 5.55. The zero-order chi connectivity index (χ0) is 8.85. The van der Waals surface area contributed by atoms with Gasteiger partial charge in [-0.25, -0.2) is 0 Å². The Morgan fingerprint density at radius 2 is 1.75 bits per heavy atom. The number of thiocarbonyl (C=S) groups is 1. The Hall–Kier alpha value is -0.550. The predicted octanol–water partition coefficient (Wildman–Crippen LogP) is 0.308. The third-order valence-corrected chi connectivity index (χ3v) is 1.40. The maximum Gasteiger partial charge on any atom is 0.198 e. The van der Waals surface area contributed by atoms with Crippen LogP contribution < -0.4 is 11.5 Å². The van der Waals surface area contributed by atoms with Crippen LogP contribution >= 0.6 is 24.6 Å². The second-order valence-electron chi connectivity index (χ2n) is 1.98. The molecule has 6 heteroatoms. The van der Waals surface area contributed by atoms with E-state index >= 15 is 0 Å². The molecule has 0 aliphatic carbocycles. The zero-order valence-electron chi connectivity index (χ0n) is 7.28. The van der Waals surface area contributed by atoms with E-state index in [1.165, 1.54) is 0 Å². The molecule has 0 saturated carbocycles. The number of nitrogens with two attached hydrogens (primary N) is 2. The predicted molar refractivity (Wildman–Crippen MR) is 58.6 cm³/mol. The number of halogens is 1. The topological polar surface area (TPSA) is 67.6 Å². The van der Waals surface area contributed by atoms with Crippen molar-refractivity contribution >= 4 is 35.7 Å². The van der Waals surface area contributed by atoms with Crippen LogP contribution in [0.15, 0.2) is 4.99 Å². The first-order valence-electron chi connectivity index (χ1n) is 3.50. The van der Waals surface area contributed by atoms with Gasteiger partial charge in [-0.05, 0) is 26.1 Å². The van der Waals surface area contributed by atoms with Crippen molar-refractivity contribution in [2.45, 2.75) is 13.8 Å². The number of hydrogen-bond donors (Lipinski definition) is 2. The van der Waals surface area contributed by atoms with Gasteiger partial charge in [0.2, 0.25) is 0 Å². The Kier molecular flexibility index (Phi) is 8.31. The number of hydrogen-bond acceptors (Lipinski definition) is 1. The van der Waals surface area contributed by atoms with Crippen molar-refractivity contribution in [1.29, 1.82) is 0 Å². The van der Waals surface area contributed by atoms with Crippen molar-refractivity contribution in [3.63, 3.8) is 0 Å². The van der Waals surface area contributed by atoms with Gasteiger partial charge in [-0.15, -0.1) is 12.4 Å². The summed E-state index contributed by atoms with van der Waals surface area (Å²) in [4.78, 5) is 5.62. The third-order valence-electron chi connectivity index (χ3n) is 1.31. The molecule has 0 aliphatic heterocycles. The summed E-state index contributed by atoms with van der Waals surface area (Å²) in [5.41, 5.74) is 10.7. The van der Waals surface area contributed by atoms with Gasteiger partial charge in [0.1, 0.15) is 0 Å². The van der Waals surface area contributed by atoms with Gasteiger partial charge in [0.05, 0.1) is 0 Å². The standard InChI is InChI=1S/C6H14N4S.ClH/c1-3-10(4-2)5(7)9-6(8)11;/h3-4H2,1-2H3,(H4,7,8,9,11);1H. The smallest absolute Gasteiger partial charge is 0.198 e. The molecule has 0 radical (unpaired) electrons. The van der Waals surface area contributed by atoms with Crippen LogP contribution in [0.1, 0.15) is 13.8 Å². The van der Waals surface area contributed by atoms with Crippen molar-refractivity contribution in [3.05, 3.63) is 0 Å². The lowest BCUT2D eigenvalue weighted by molar-refractivity contribution is 0.461. The largest absolute Gasteiger partial charge is 0.374 e. The summed E-state index contributed by atoms with van der Waals surface area (Å²) in [6, 6.07) is 0. The molecule has 0 atom stereocenters. The molecule has 0 heterocycles. The van der Waals surface area contributed by atoms with E-state index in [9.17, 15) is 0 Å². The molecular weight excluding hydrogens is 196 g/mol. The minimum absolute atomic E-state index is 0. The van der Waals surface area contributed by atoms with Crippen LogP contribution in [0, 0.1) is 0 Å². The number of aliphatic imine (C=N–C) groups is 1.